The third-order valence-corrected chi connectivity index (χ3v) is 6.16. The summed E-state index contributed by atoms with van der Waals surface area (Å²) in [4.78, 5) is 15.8. The van der Waals surface area contributed by atoms with Gasteiger partial charge in [-0.1, -0.05) is 24.3 Å². The fourth-order valence-corrected chi connectivity index (χ4v) is 4.87. The van der Waals surface area contributed by atoms with Crippen LogP contribution in [0.4, 0.5) is 0 Å². The molecule has 0 unspecified atom stereocenters. The third kappa shape index (κ3) is 3.93. The van der Waals surface area contributed by atoms with Crippen molar-refractivity contribution in [2.24, 2.45) is 5.92 Å². The third-order valence-electron chi connectivity index (χ3n) is 6.16. The van der Waals surface area contributed by atoms with Crippen molar-refractivity contribution in [1.29, 1.82) is 0 Å². The summed E-state index contributed by atoms with van der Waals surface area (Å²) < 4.78 is 0. The van der Waals surface area contributed by atoms with Gasteiger partial charge in [0.05, 0.1) is 0 Å². The van der Waals surface area contributed by atoms with E-state index in [0.717, 1.165) is 43.4 Å². The largest absolute Gasteiger partial charge is 0.508 e. The number of rotatable bonds is 6. The zero-order valence-electron chi connectivity index (χ0n) is 16.1. The molecule has 6 nitrogen and oxygen atoms in total. The zero-order chi connectivity index (χ0) is 20.4. The minimum atomic E-state index is -1.01. The van der Waals surface area contributed by atoms with Gasteiger partial charge in [-0.2, -0.15) is 0 Å². The van der Waals surface area contributed by atoms with Crippen LogP contribution in [0.5, 0.6) is 11.5 Å². The van der Waals surface area contributed by atoms with Crippen LogP contribution in [-0.4, -0.2) is 27.9 Å². The van der Waals surface area contributed by atoms with Gasteiger partial charge in [0.1, 0.15) is 11.5 Å². The Morgan fingerprint density at radius 2 is 1.86 bits per heavy atom. The molecule has 0 radical (unpaired) electrons. The number of hydroxylamine groups is 1. The molecule has 0 saturated heterocycles. The van der Waals surface area contributed by atoms with Crippen molar-refractivity contribution in [3.05, 3.63) is 70.9 Å². The molecule has 4 rings (SSSR count). The fraction of sp³-hybridized carbons (Fsp3) is 0.348. The average Bonchev–Trinajstić information content (AvgIpc) is 2.69. The van der Waals surface area contributed by atoms with E-state index in [0.29, 0.717) is 0 Å². The van der Waals surface area contributed by atoms with E-state index in [-0.39, 0.29) is 29.4 Å². The molecule has 2 aromatic carbocycles. The molecule has 0 bridgehead atoms. The van der Waals surface area contributed by atoms with Gasteiger partial charge >= 0.3 is 5.97 Å². The van der Waals surface area contributed by atoms with Crippen LogP contribution in [0.3, 0.4) is 0 Å². The number of phenolic OH excluding ortho intramolecular Hbond substituents is 2. The van der Waals surface area contributed by atoms with E-state index < -0.39 is 5.97 Å². The minimum Gasteiger partial charge on any atom is -0.508 e. The molecule has 6 heteroatoms. The first-order valence-corrected chi connectivity index (χ1v) is 9.87. The second-order valence-electron chi connectivity index (χ2n) is 7.96. The number of nitrogens with one attached hydrogen (secondary N) is 1. The lowest BCUT2D eigenvalue weighted by atomic mass is 9.56. The summed E-state index contributed by atoms with van der Waals surface area (Å²) in [7, 11) is 0. The smallest absolute Gasteiger partial charge is 0.332 e. The molecule has 0 aliphatic heterocycles. The lowest BCUT2D eigenvalue weighted by molar-refractivity contribution is -0.144. The Bertz CT molecular complexity index is 937. The predicted octanol–water partition coefficient (Wildman–Crippen LogP) is 3.42. The molecule has 0 saturated carbocycles. The van der Waals surface area contributed by atoms with Crippen molar-refractivity contribution in [3.8, 4) is 11.5 Å². The maximum atomic E-state index is 10.7. The van der Waals surface area contributed by atoms with E-state index in [1.165, 1.54) is 11.1 Å². The Kier molecular flexibility index (Phi) is 5.20. The molecule has 0 aromatic heterocycles. The first-order chi connectivity index (χ1) is 14.0. The number of carbonyl (C=O) groups is 1. The van der Waals surface area contributed by atoms with Crippen LogP contribution in [-0.2, 0) is 27.9 Å². The number of aliphatic carboxylic acids is 1. The molecule has 2 atom stereocenters. The normalized spacial score (nSPS) is 22.9. The van der Waals surface area contributed by atoms with Gasteiger partial charge < -0.3 is 15.3 Å². The van der Waals surface area contributed by atoms with Gasteiger partial charge in [-0.25, -0.2) is 4.79 Å². The van der Waals surface area contributed by atoms with Gasteiger partial charge in [0.2, 0.25) is 0 Å². The van der Waals surface area contributed by atoms with Crippen LogP contribution in [0, 0.1) is 5.92 Å². The van der Waals surface area contributed by atoms with Crippen molar-refractivity contribution < 1.29 is 25.0 Å². The van der Waals surface area contributed by atoms with E-state index >= 15 is 0 Å². The van der Waals surface area contributed by atoms with E-state index in [9.17, 15) is 15.0 Å². The topological polar surface area (TPSA) is 99.0 Å². The summed E-state index contributed by atoms with van der Waals surface area (Å²) in [6, 6.07) is 13.0. The molecular weight excluding hydrogens is 370 g/mol. The van der Waals surface area contributed by atoms with Gasteiger partial charge in [0.15, 0.2) is 6.61 Å². The lowest BCUT2D eigenvalue weighted by Gasteiger charge is -2.48. The number of carboxylic acid groups (broad SMARTS) is 1. The first-order valence-electron chi connectivity index (χ1n) is 9.87. The molecule has 4 N–H and O–H groups in total. The Hall–Kier alpha value is -2.99. The maximum absolute atomic E-state index is 10.7. The molecule has 2 aliphatic rings. The van der Waals surface area contributed by atoms with Crippen LogP contribution in [0.15, 0.2) is 54.2 Å². The molecule has 0 fully saturated rings. The molecular formula is C23H25NO5. The molecule has 0 heterocycles. The van der Waals surface area contributed by atoms with Crippen LogP contribution in [0.25, 0.3) is 0 Å². The molecule has 0 spiro atoms. The molecule has 29 heavy (non-hydrogen) atoms. The average molecular weight is 395 g/mol. The van der Waals surface area contributed by atoms with Crippen molar-refractivity contribution in [2.45, 2.75) is 37.5 Å². The number of carboxylic acids is 1. The van der Waals surface area contributed by atoms with Crippen molar-refractivity contribution in [2.75, 3.05) is 6.61 Å². The fourth-order valence-electron chi connectivity index (χ4n) is 4.87. The number of aromatic hydroxyl groups is 2. The maximum Gasteiger partial charge on any atom is 0.332 e. The second kappa shape index (κ2) is 7.79. The number of fused-ring (bicyclic) bond motifs is 3. The Balaban J connectivity index is 1.67. The van der Waals surface area contributed by atoms with Gasteiger partial charge in [0.25, 0.3) is 0 Å². The quantitative estimate of drug-likeness (QED) is 0.560. The molecule has 2 aliphatic carbocycles. The summed E-state index contributed by atoms with van der Waals surface area (Å²) in [5.74, 6) is -0.208. The molecule has 152 valence electrons. The number of hydrogen-bond donors (Lipinski definition) is 4. The number of benzene rings is 2. The summed E-state index contributed by atoms with van der Waals surface area (Å²) >= 11 is 0. The van der Waals surface area contributed by atoms with E-state index in [1.54, 1.807) is 18.2 Å². The Morgan fingerprint density at radius 1 is 1.10 bits per heavy atom. The summed E-state index contributed by atoms with van der Waals surface area (Å²) in [5.41, 5.74) is 7.22. The van der Waals surface area contributed by atoms with E-state index in [2.05, 4.69) is 11.6 Å². The highest BCUT2D eigenvalue weighted by Crippen LogP contribution is 2.51. The Labute approximate surface area is 169 Å². The Morgan fingerprint density at radius 3 is 2.62 bits per heavy atom. The number of hydrogen-bond acceptors (Lipinski definition) is 5. The summed E-state index contributed by atoms with van der Waals surface area (Å²) in [6.07, 6.45) is 6.46. The predicted molar refractivity (Wildman–Crippen MR) is 107 cm³/mol. The van der Waals surface area contributed by atoms with E-state index in [1.807, 2.05) is 24.3 Å². The molecule has 2 aromatic rings. The van der Waals surface area contributed by atoms with Gasteiger partial charge in [-0.3, -0.25) is 10.3 Å². The van der Waals surface area contributed by atoms with Crippen LogP contribution >= 0.6 is 0 Å². The van der Waals surface area contributed by atoms with Crippen LogP contribution < -0.4 is 5.48 Å². The number of phenols is 2. The van der Waals surface area contributed by atoms with Crippen molar-refractivity contribution >= 4 is 5.97 Å². The van der Waals surface area contributed by atoms with Crippen LogP contribution in [0.2, 0.25) is 0 Å². The minimum absolute atomic E-state index is 0.115. The highest BCUT2D eigenvalue weighted by molar-refractivity contribution is 5.67. The lowest BCUT2D eigenvalue weighted by Crippen LogP contribution is -2.44. The SMILES string of the molecule is O=C(O)CONC1=C[C@H]2CCc3cc(O)ccc3[C@]2(Cc2ccc(O)cc2)CC1. The zero-order valence-corrected chi connectivity index (χ0v) is 16.1. The monoisotopic (exact) mass is 395 g/mol. The van der Waals surface area contributed by atoms with E-state index in [4.69, 9.17) is 9.94 Å². The number of allylic oxidation sites excluding steroid dienone is 2. The van der Waals surface area contributed by atoms with Crippen LogP contribution in [0.1, 0.15) is 36.0 Å². The highest BCUT2D eigenvalue weighted by atomic mass is 16.7. The first kappa shape index (κ1) is 19.3. The van der Waals surface area contributed by atoms with Gasteiger partial charge in [-0.15, -0.1) is 0 Å². The molecule has 0 amide bonds. The van der Waals surface area contributed by atoms with Gasteiger partial charge in [-0.05, 0) is 79.0 Å². The highest BCUT2D eigenvalue weighted by Gasteiger charge is 2.45. The van der Waals surface area contributed by atoms with Crippen molar-refractivity contribution in [3.63, 3.8) is 0 Å². The van der Waals surface area contributed by atoms with Gasteiger partial charge in [0, 0.05) is 11.1 Å². The summed E-state index contributed by atoms with van der Waals surface area (Å²) in [6.45, 7) is -0.386. The van der Waals surface area contributed by atoms with Crippen molar-refractivity contribution in [1.82, 2.24) is 5.48 Å². The number of aryl methyl sites for hydroxylation is 1. The summed E-state index contributed by atoms with van der Waals surface area (Å²) in [5, 5.41) is 28.4. The standard InChI is InChI=1S/C23H25NO5/c25-19-5-1-15(2-6-19)13-23-10-9-18(24-29-14-22(27)28)12-17(23)4-3-16-11-20(26)7-8-21(16)23/h1-2,5-8,11-12,17,24-26H,3-4,9-10,13-14H2,(H,27,28)/t17-,23+/m1/s1. The second-order valence-corrected chi connectivity index (χ2v) is 7.96.